The minimum Gasteiger partial charge on any atom is -0.496 e. The fraction of sp³-hybridized carbons (Fsp3) is 0.200. The summed E-state index contributed by atoms with van der Waals surface area (Å²) in [6.45, 7) is -0.237. The Bertz CT molecular complexity index is 453. The Morgan fingerprint density at radius 1 is 1.40 bits per heavy atom. The Morgan fingerprint density at radius 2 is 2.20 bits per heavy atom. The van der Waals surface area contributed by atoms with E-state index in [0.717, 1.165) is 0 Å². The second-order valence-corrected chi connectivity index (χ2v) is 2.87. The fourth-order valence-corrected chi connectivity index (χ4v) is 1.25. The van der Waals surface area contributed by atoms with Crippen LogP contribution in [0.25, 0.3) is 11.5 Å². The van der Waals surface area contributed by atoms with Crippen LogP contribution in [0.4, 0.5) is 0 Å². The van der Waals surface area contributed by atoms with Crippen LogP contribution in [0.1, 0.15) is 5.82 Å². The van der Waals surface area contributed by atoms with Crippen molar-refractivity contribution in [1.29, 1.82) is 0 Å². The van der Waals surface area contributed by atoms with Crippen molar-refractivity contribution in [1.82, 2.24) is 10.1 Å². The maximum absolute atomic E-state index is 8.81. The number of rotatable bonds is 3. The van der Waals surface area contributed by atoms with E-state index in [1.807, 2.05) is 18.2 Å². The lowest BCUT2D eigenvalue weighted by molar-refractivity contribution is 0.264. The summed E-state index contributed by atoms with van der Waals surface area (Å²) >= 11 is 0. The van der Waals surface area contributed by atoms with Crippen LogP contribution in [0.2, 0.25) is 0 Å². The fourth-order valence-electron chi connectivity index (χ4n) is 1.25. The number of hydrogen-bond acceptors (Lipinski definition) is 5. The number of benzene rings is 1. The summed E-state index contributed by atoms with van der Waals surface area (Å²) in [5.41, 5.74) is 0.715. The van der Waals surface area contributed by atoms with Crippen LogP contribution in [-0.2, 0) is 6.61 Å². The zero-order valence-corrected chi connectivity index (χ0v) is 8.17. The molecule has 2 aromatic rings. The second kappa shape index (κ2) is 4.10. The number of aliphatic hydroxyl groups is 1. The molecular weight excluding hydrogens is 196 g/mol. The van der Waals surface area contributed by atoms with E-state index in [4.69, 9.17) is 14.4 Å². The molecule has 1 heterocycles. The molecule has 0 atom stereocenters. The third-order valence-corrected chi connectivity index (χ3v) is 1.95. The predicted octanol–water partition coefficient (Wildman–Crippen LogP) is 1.24. The summed E-state index contributed by atoms with van der Waals surface area (Å²) in [4.78, 5) is 4.00. The molecule has 15 heavy (non-hydrogen) atoms. The van der Waals surface area contributed by atoms with Gasteiger partial charge in [-0.25, -0.2) is 0 Å². The summed E-state index contributed by atoms with van der Waals surface area (Å²) in [6, 6.07) is 7.32. The van der Waals surface area contributed by atoms with Gasteiger partial charge in [0.2, 0.25) is 0 Å². The smallest absolute Gasteiger partial charge is 0.261 e. The molecule has 0 fully saturated rings. The molecule has 0 aliphatic rings. The van der Waals surface area contributed by atoms with Gasteiger partial charge in [0.05, 0.1) is 12.7 Å². The van der Waals surface area contributed by atoms with Gasteiger partial charge < -0.3 is 14.4 Å². The minimum atomic E-state index is -0.237. The zero-order valence-electron chi connectivity index (χ0n) is 8.17. The monoisotopic (exact) mass is 206 g/mol. The van der Waals surface area contributed by atoms with Crippen LogP contribution >= 0.6 is 0 Å². The summed E-state index contributed by atoms with van der Waals surface area (Å²) in [5, 5.41) is 12.4. The van der Waals surface area contributed by atoms with Crippen molar-refractivity contribution >= 4 is 0 Å². The van der Waals surface area contributed by atoms with E-state index in [0.29, 0.717) is 17.2 Å². The molecular formula is C10H10N2O3. The van der Waals surface area contributed by atoms with Crippen LogP contribution in [0.3, 0.4) is 0 Å². The Balaban J connectivity index is 2.44. The lowest BCUT2D eigenvalue weighted by atomic mass is 10.2. The number of ether oxygens (including phenoxy) is 1. The third kappa shape index (κ3) is 1.82. The first-order valence-corrected chi connectivity index (χ1v) is 4.42. The zero-order chi connectivity index (χ0) is 10.7. The summed E-state index contributed by atoms with van der Waals surface area (Å²) in [5.74, 6) is 1.26. The highest BCUT2D eigenvalue weighted by molar-refractivity contribution is 5.62. The Hall–Kier alpha value is -1.88. The summed E-state index contributed by atoms with van der Waals surface area (Å²) in [6.07, 6.45) is 0. The van der Waals surface area contributed by atoms with Crippen LogP contribution in [-0.4, -0.2) is 22.4 Å². The lowest BCUT2D eigenvalue weighted by Gasteiger charge is -2.02. The minimum absolute atomic E-state index is 0.237. The summed E-state index contributed by atoms with van der Waals surface area (Å²) in [7, 11) is 1.57. The average molecular weight is 206 g/mol. The molecule has 5 nitrogen and oxygen atoms in total. The van der Waals surface area contributed by atoms with E-state index in [1.165, 1.54) is 0 Å². The van der Waals surface area contributed by atoms with Gasteiger partial charge in [0.1, 0.15) is 12.4 Å². The van der Waals surface area contributed by atoms with Crippen LogP contribution in [0.5, 0.6) is 5.75 Å². The topological polar surface area (TPSA) is 68.4 Å². The Kier molecular flexibility index (Phi) is 2.64. The summed E-state index contributed by atoms with van der Waals surface area (Å²) < 4.78 is 10.1. The highest BCUT2D eigenvalue weighted by atomic mass is 16.5. The number of para-hydroxylation sites is 1. The van der Waals surface area contributed by atoms with Gasteiger partial charge in [-0.2, -0.15) is 4.98 Å². The normalized spacial score (nSPS) is 10.3. The van der Waals surface area contributed by atoms with Crippen molar-refractivity contribution in [3.63, 3.8) is 0 Å². The molecule has 0 saturated heterocycles. The molecule has 5 heteroatoms. The number of methoxy groups -OCH3 is 1. The van der Waals surface area contributed by atoms with E-state index in [2.05, 4.69) is 10.1 Å². The molecule has 0 radical (unpaired) electrons. The number of aliphatic hydroxyl groups excluding tert-OH is 1. The first-order chi connectivity index (χ1) is 7.35. The second-order valence-electron chi connectivity index (χ2n) is 2.87. The predicted molar refractivity (Wildman–Crippen MR) is 52.2 cm³/mol. The molecule has 0 aliphatic heterocycles. The maximum Gasteiger partial charge on any atom is 0.261 e. The van der Waals surface area contributed by atoms with E-state index in [1.54, 1.807) is 13.2 Å². The number of nitrogens with zero attached hydrogens (tertiary/aromatic N) is 2. The molecule has 0 amide bonds. The average Bonchev–Trinajstić information content (AvgIpc) is 2.77. The van der Waals surface area contributed by atoms with E-state index in [9.17, 15) is 0 Å². The molecule has 1 aromatic carbocycles. The largest absolute Gasteiger partial charge is 0.496 e. The van der Waals surface area contributed by atoms with Crippen molar-refractivity contribution in [2.24, 2.45) is 0 Å². The van der Waals surface area contributed by atoms with Gasteiger partial charge >= 0.3 is 0 Å². The Morgan fingerprint density at radius 3 is 2.87 bits per heavy atom. The molecule has 0 bridgehead atoms. The van der Waals surface area contributed by atoms with Crippen molar-refractivity contribution in [2.75, 3.05) is 7.11 Å². The molecule has 78 valence electrons. The van der Waals surface area contributed by atoms with Gasteiger partial charge in [-0.05, 0) is 12.1 Å². The van der Waals surface area contributed by atoms with Gasteiger partial charge in [0.25, 0.3) is 5.89 Å². The molecule has 0 spiro atoms. The van der Waals surface area contributed by atoms with E-state index < -0.39 is 0 Å². The molecule has 1 aromatic heterocycles. The standard InChI is InChI=1S/C10H10N2O3/c1-14-8-5-3-2-4-7(8)10-11-9(6-13)12-15-10/h2-5,13H,6H2,1H3. The highest BCUT2D eigenvalue weighted by Crippen LogP contribution is 2.27. The van der Waals surface area contributed by atoms with Crippen molar-refractivity contribution < 1.29 is 14.4 Å². The molecule has 0 aliphatic carbocycles. The van der Waals surface area contributed by atoms with Gasteiger partial charge in [0.15, 0.2) is 5.82 Å². The van der Waals surface area contributed by atoms with Gasteiger partial charge in [0, 0.05) is 0 Å². The maximum atomic E-state index is 8.81. The van der Waals surface area contributed by atoms with E-state index in [-0.39, 0.29) is 12.4 Å². The van der Waals surface area contributed by atoms with E-state index >= 15 is 0 Å². The third-order valence-electron chi connectivity index (χ3n) is 1.95. The van der Waals surface area contributed by atoms with Crippen LogP contribution in [0, 0.1) is 0 Å². The first-order valence-electron chi connectivity index (χ1n) is 4.42. The molecule has 0 saturated carbocycles. The van der Waals surface area contributed by atoms with Crippen molar-refractivity contribution in [3.8, 4) is 17.2 Å². The van der Waals surface area contributed by atoms with Gasteiger partial charge in [-0.1, -0.05) is 17.3 Å². The highest BCUT2D eigenvalue weighted by Gasteiger charge is 2.12. The van der Waals surface area contributed by atoms with Gasteiger partial charge in [-0.3, -0.25) is 0 Å². The van der Waals surface area contributed by atoms with Crippen molar-refractivity contribution in [3.05, 3.63) is 30.1 Å². The number of hydrogen-bond donors (Lipinski definition) is 1. The molecule has 0 unspecified atom stereocenters. The first kappa shape index (κ1) is 9.67. The van der Waals surface area contributed by atoms with Crippen LogP contribution < -0.4 is 4.74 Å². The van der Waals surface area contributed by atoms with Crippen molar-refractivity contribution in [2.45, 2.75) is 6.61 Å². The number of aromatic nitrogens is 2. The lowest BCUT2D eigenvalue weighted by Crippen LogP contribution is -1.88. The van der Waals surface area contributed by atoms with Gasteiger partial charge in [-0.15, -0.1) is 0 Å². The quantitative estimate of drug-likeness (QED) is 0.818. The SMILES string of the molecule is COc1ccccc1-c1nc(CO)no1. The van der Waals surface area contributed by atoms with Crippen LogP contribution in [0.15, 0.2) is 28.8 Å². The molecule has 2 rings (SSSR count). The Labute approximate surface area is 86.3 Å². The molecule has 1 N–H and O–H groups in total.